The molecule has 1 aromatic rings. The van der Waals surface area contributed by atoms with Gasteiger partial charge < -0.3 is 5.11 Å². The first-order chi connectivity index (χ1) is 6.80. The molecule has 0 aliphatic heterocycles. The molecular weight excluding hydrogens is 280 g/mol. The molecule has 1 unspecified atom stereocenters. The Bertz CT molecular complexity index is 350. The van der Waals surface area contributed by atoms with Gasteiger partial charge in [-0.3, -0.25) is 0 Å². The van der Waals surface area contributed by atoms with Crippen LogP contribution in [-0.4, -0.2) is 17.4 Å². The molecular formula is C9H7BrF4O. The van der Waals surface area contributed by atoms with Gasteiger partial charge in [0.2, 0.25) is 0 Å². The molecule has 0 heterocycles. The first-order valence-electron chi connectivity index (χ1n) is 3.99. The van der Waals surface area contributed by atoms with E-state index in [1.165, 1.54) is 6.07 Å². The molecule has 1 N–H and O–H groups in total. The minimum absolute atomic E-state index is 0.0832. The maximum absolute atomic E-state index is 12.7. The number of hydrogen-bond donors (Lipinski definition) is 1. The zero-order chi connectivity index (χ0) is 11.6. The summed E-state index contributed by atoms with van der Waals surface area (Å²) in [6.45, 7) is 0. The number of benzene rings is 1. The van der Waals surface area contributed by atoms with Gasteiger partial charge in [-0.15, -0.1) is 0 Å². The quantitative estimate of drug-likeness (QED) is 0.829. The molecule has 0 aliphatic rings. The molecule has 0 spiro atoms. The molecule has 0 amide bonds. The van der Waals surface area contributed by atoms with Crippen LogP contribution < -0.4 is 0 Å². The smallest absolute Gasteiger partial charge is 0.383 e. The molecule has 0 aliphatic carbocycles. The van der Waals surface area contributed by atoms with Crippen LogP contribution in [0.25, 0.3) is 0 Å². The molecule has 0 saturated heterocycles. The lowest BCUT2D eigenvalue weighted by atomic mass is 10.1. The fourth-order valence-corrected chi connectivity index (χ4v) is 1.43. The van der Waals surface area contributed by atoms with Crippen LogP contribution in [0.3, 0.4) is 0 Å². The van der Waals surface area contributed by atoms with Crippen molar-refractivity contribution in [3.8, 4) is 0 Å². The van der Waals surface area contributed by atoms with Crippen LogP contribution in [0.1, 0.15) is 5.56 Å². The molecule has 1 rings (SSSR count). The number of rotatable bonds is 2. The molecule has 1 atom stereocenters. The molecule has 1 aromatic carbocycles. The maximum atomic E-state index is 12.7. The molecule has 15 heavy (non-hydrogen) atoms. The summed E-state index contributed by atoms with van der Waals surface area (Å²) in [7, 11) is 0. The Hall–Kier alpha value is -0.620. The number of aliphatic hydroxyl groups is 1. The summed E-state index contributed by atoms with van der Waals surface area (Å²) in [5.74, 6) is -0.637. The number of alkyl halides is 3. The Labute approximate surface area is 91.9 Å². The van der Waals surface area contributed by atoms with E-state index in [-0.39, 0.29) is 5.56 Å². The largest absolute Gasteiger partial charge is 0.414 e. The lowest BCUT2D eigenvalue weighted by Crippen LogP contribution is -2.30. The van der Waals surface area contributed by atoms with Crippen molar-refractivity contribution in [3.63, 3.8) is 0 Å². The minimum atomic E-state index is -4.69. The van der Waals surface area contributed by atoms with Crippen LogP contribution >= 0.6 is 15.9 Å². The Morgan fingerprint density at radius 2 is 1.93 bits per heavy atom. The van der Waals surface area contributed by atoms with Gasteiger partial charge in [-0.1, -0.05) is 15.9 Å². The molecule has 84 valence electrons. The van der Waals surface area contributed by atoms with Gasteiger partial charge in [0.15, 0.2) is 6.10 Å². The van der Waals surface area contributed by atoms with Gasteiger partial charge in [0.25, 0.3) is 0 Å². The summed E-state index contributed by atoms with van der Waals surface area (Å²) in [5.41, 5.74) is 0.0832. The lowest BCUT2D eigenvalue weighted by molar-refractivity contribution is -0.203. The average Bonchev–Trinajstić information content (AvgIpc) is 2.09. The van der Waals surface area contributed by atoms with Crippen molar-refractivity contribution in [1.82, 2.24) is 0 Å². The SMILES string of the molecule is OC(Cc1cc(F)ccc1Br)C(F)(F)F. The average molecular weight is 287 g/mol. The summed E-state index contributed by atoms with van der Waals surface area (Å²) in [6.07, 6.45) is -7.83. The van der Waals surface area contributed by atoms with Crippen molar-refractivity contribution in [3.05, 3.63) is 34.1 Å². The van der Waals surface area contributed by atoms with Crippen molar-refractivity contribution < 1.29 is 22.7 Å². The fraction of sp³-hybridized carbons (Fsp3) is 0.333. The highest BCUT2D eigenvalue weighted by molar-refractivity contribution is 9.10. The Kier molecular flexibility index (Phi) is 3.72. The maximum Gasteiger partial charge on any atom is 0.414 e. The first kappa shape index (κ1) is 12.4. The summed E-state index contributed by atoms with van der Waals surface area (Å²) >= 11 is 2.98. The summed E-state index contributed by atoms with van der Waals surface area (Å²) in [4.78, 5) is 0. The molecule has 6 heteroatoms. The van der Waals surface area contributed by atoms with Crippen LogP contribution in [0.15, 0.2) is 22.7 Å². The van der Waals surface area contributed by atoms with E-state index in [4.69, 9.17) is 5.11 Å². The van der Waals surface area contributed by atoms with Crippen LogP contribution in [0.4, 0.5) is 17.6 Å². The van der Waals surface area contributed by atoms with Crippen LogP contribution in [-0.2, 0) is 6.42 Å². The topological polar surface area (TPSA) is 20.2 Å². The Balaban J connectivity index is 2.85. The summed E-state index contributed by atoms with van der Waals surface area (Å²) < 4.78 is 49.1. The number of aliphatic hydroxyl groups excluding tert-OH is 1. The minimum Gasteiger partial charge on any atom is -0.383 e. The van der Waals surface area contributed by atoms with Crippen molar-refractivity contribution >= 4 is 15.9 Å². The van der Waals surface area contributed by atoms with Crippen molar-refractivity contribution in [1.29, 1.82) is 0 Å². The van der Waals surface area contributed by atoms with Gasteiger partial charge in [0.05, 0.1) is 0 Å². The van der Waals surface area contributed by atoms with E-state index in [0.717, 1.165) is 12.1 Å². The second kappa shape index (κ2) is 4.49. The van der Waals surface area contributed by atoms with E-state index >= 15 is 0 Å². The highest BCUT2D eigenvalue weighted by Crippen LogP contribution is 2.26. The predicted molar refractivity (Wildman–Crippen MR) is 49.9 cm³/mol. The second-order valence-corrected chi connectivity index (χ2v) is 3.85. The Morgan fingerprint density at radius 1 is 1.33 bits per heavy atom. The van der Waals surface area contributed by atoms with Crippen LogP contribution in [0, 0.1) is 5.82 Å². The first-order valence-corrected chi connectivity index (χ1v) is 4.78. The number of halogens is 5. The van der Waals surface area contributed by atoms with Gasteiger partial charge in [0, 0.05) is 10.9 Å². The molecule has 0 bridgehead atoms. The fourth-order valence-electron chi connectivity index (χ4n) is 1.02. The predicted octanol–water partition coefficient (Wildman–Crippen LogP) is 3.05. The van der Waals surface area contributed by atoms with Gasteiger partial charge in [-0.05, 0) is 23.8 Å². The highest BCUT2D eigenvalue weighted by Gasteiger charge is 2.38. The van der Waals surface area contributed by atoms with Crippen molar-refractivity contribution in [2.45, 2.75) is 18.7 Å². The molecule has 0 saturated carbocycles. The molecule has 0 fully saturated rings. The lowest BCUT2D eigenvalue weighted by Gasteiger charge is -2.15. The van der Waals surface area contributed by atoms with E-state index < -0.39 is 24.5 Å². The third kappa shape index (κ3) is 3.46. The highest BCUT2D eigenvalue weighted by atomic mass is 79.9. The monoisotopic (exact) mass is 286 g/mol. The normalized spacial score (nSPS) is 14.0. The van der Waals surface area contributed by atoms with E-state index in [0.29, 0.717) is 4.47 Å². The van der Waals surface area contributed by atoms with Crippen LogP contribution in [0.2, 0.25) is 0 Å². The van der Waals surface area contributed by atoms with Gasteiger partial charge in [0.1, 0.15) is 5.82 Å². The van der Waals surface area contributed by atoms with E-state index in [1.807, 2.05) is 0 Å². The molecule has 0 aromatic heterocycles. The third-order valence-electron chi connectivity index (χ3n) is 1.80. The number of hydrogen-bond acceptors (Lipinski definition) is 1. The standard InChI is InChI=1S/C9H7BrF4O/c10-7-2-1-6(11)3-5(7)4-8(15)9(12,13)14/h1-3,8,15H,4H2. The third-order valence-corrected chi connectivity index (χ3v) is 2.57. The van der Waals surface area contributed by atoms with Crippen molar-refractivity contribution in [2.24, 2.45) is 0 Å². The van der Waals surface area contributed by atoms with E-state index in [2.05, 4.69) is 15.9 Å². The Morgan fingerprint density at radius 3 is 2.47 bits per heavy atom. The molecule has 0 radical (unpaired) electrons. The van der Waals surface area contributed by atoms with E-state index in [9.17, 15) is 17.6 Å². The van der Waals surface area contributed by atoms with E-state index in [1.54, 1.807) is 0 Å². The summed E-state index contributed by atoms with van der Waals surface area (Å²) in [5, 5.41) is 8.79. The van der Waals surface area contributed by atoms with Crippen molar-refractivity contribution in [2.75, 3.05) is 0 Å². The second-order valence-electron chi connectivity index (χ2n) is 3.00. The van der Waals surface area contributed by atoms with Crippen LogP contribution in [0.5, 0.6) is 0 Å². The summed E-state index contributed by atoms with van der Waals surface area (Å²) in [6, 6.07) is 3.38. The zero-order valence-corrected chi connectivity index (χ0v) is 8.94. The van der Waals surface area contributed by atoms with Gasteiger partial charge >= 0.3 is 6.18 Å². The van der Waals surface area contributed by atoms with Gasteiger partial charge in [-0.25, -0.2) is 4.39 Å². The molecule has 1 nitrogen and oxygen atoms in total. The van der Waals surface area contributed by atoms with Gasteiger partial charge in [-0.2, -0.15) is 13.2 Å². The zero-order valence-electron chi connectivity index (χ0n) is 7.35.